The van der Waals surface area contributed by atoms with E-state index >= 15 is 0 Å². The number of carbonyl (C=O) groups excluding carboxylic acids is 3. The molecule has 2 aromatic rings. The van der Waals surface area contributed by atoms with Gasteiger partial charge in [-0.15, -0.1) is 0 Å². The summed E-state index contributed by atoms with van der Waals surface area (Å²) in [5.74, 6) is -1.58. The molecule has 0 aromatic heterocycles. The molecule has 0 atom stereocenters. The molecule has 11 nitrogen and oxygen atoms in total. The number of nitrogens with one attached hydrogen (secondary N) is 3. The molecule has 0 spiro atoms. The smallest absolute Gasteiger partial charge is 0.319 e. The van der Waals surface area contributed by atoms with Gasteiger partial charge in [0.1, 0.15) is 0 Å². The monoisotopic (exact) mass is 539 g/mol. The van der Waals surface area contributed by atoms with Gasteiger partial charge in [0.25, 0.3) is 0 Å². The van der Waals surface area contributed by atoms with E-state index in [-0.39, 0.29) is 37.9 Å². The summed E-state index contributed by atoms with van der Waals surface area (Å²) in [6.07, 6.45) is -0.0603. The third-order valence-electron chi connectivity index (χ3n) is 6.36. The Kier molecular flexibility index (Phi) is 11.7. The van der Waals surface area contributed by atoms with E-state index < -0.39 is 11.9 Å². The molecule has 1 heterocycles. The van der Waals surface area contributed by atoms with Gasteiger partial charge in [-0.2, -0.15) is 0 Å². The molecule has 0 aliphatic carbocycles. The standard InChI is InChI=1S/C28H37N5O6/c1-21-4-2-3-5-24(21)31-28(38)30-19-23-8-6-22(7-9-23)18-26(35)33(13-12-32-14-16-39-17-15-32)20-25(34)29-11-10-27(36)37/h2-9H,10-20H2,1H3,(H,29,34)(H,36,37)(H2,30,31,38). The summed E-state index contributed by atoms with van der Waals surface area (Å²) in [5, 5.41) is 17.0. The Morgan fingerprint density at radius 2 is 1.67 bits per heavy atom. The molecule has 0 radical (unpaired) electrons. The van der Waals surface area contributed by atoms with Crippen LogP contribution in [0, 0.1) is 6.92 Å². The van der Waals surface area contributed by atoms with Gasteiger partial charge in [0.15, 0.2) is 0 Å². The van der Waals surface area contributed by atoms with E-state index in [1.165, 1.54) is 4.90 Å². The van der Waals surface area contributed by atoms with E-state index in [4.69, 9.17) is 9.84 Å². The minimum atomic E-state index is -0.999. The summed E-state index contributed by atoms with van der Waals surface area (Å²) in [5.41, 5.74) is 3.39. The number of rotatable bonds is 13. The van der Waals surface area contributed by atoms with Crippen molar-refractivity contribution in [3.63, 3.8) is 0 Å². The summed E-state index contributed by atoms with van der Waals surface area (Å²) in [6, 6.07) is 14.6. The van der Waals surface area contributed by atoms with Gasteiger partial charge in [0.2, 0.25) is 11.8 Å². The zero-order valence-electron chi connectivity index (χ0n) is 22.3. The fraction of sp³-hybridized carbons (Fsp3) is 0.429. The molecule has 39 heavy (non-hydrogen) atoms. The largest absolute Gasteiger partial charge is 0.481 e. The first-order valence-electron chi connectivity index (χ1n) is 13.0. The Bertz CT molecular complexity index is 1120. The Labute approximate surface area is 228 Å². The van der Waals surface area contributed by atoms with Crippen LogP contribution < -0.4 is 16.0 Å². The lowest BCUT2D eigenvalue weighted by molar-refractivity contribution is -0.138. The van der Waals surface area contributed by atoms with E-state index in [2.05, 4.69) is 20.9 Å². The molecule has 11 heteroatoms. The summed E-state index contributed by atoms with van der Waals surface area (Å²) in [7, 11) is 0. The molecule has 210 valence electrons. The third kappa shape index (κ3) is 10.7. The summed E-state index contributed by atoms with van der Waals surface area (Å²) < 4.78 is 5.37. The number of amides is 4. The fourth-order valence-corrected chi connectivity index (χ4v) is 4.04. The van der Waals surface area contributed by atoms with Crippen molar-refractivity contribution in [1.82, 2.24) is 20.4 Å². The number of morpholine rings is 1. The van der Waals surface area contributed by atoms with E-state index in [1.807, 2.05) is 55.5 Å². The molecular formula is C28H37N5O6. The van der Waals surface area contributed by atoms with E-state index in [1.54, 1.807) is 0 Å². The maximum absolute atomic E-state index is 13.1. The van der Waals surface area contributed by atoms with Gasteiger partial charge >= 0.3 is 12.0 Å². The third-order valence-corrected chi connectivity index (χ3v) is 6.36. The van der Waals surface area contributed by atoms with Crippen molar-refractivity contribution in [2.24, 2.45) is 0 Å². The van der Waals surface area contributed by atoms with Crippen LogP contribution in [0.4, 0.5) is 10.5 Å². The first-order chi connectivity index (χ1) is 18.8. The average molecular weight is 540 g/mol. The number of para-hydroxylation sites is 1. The van der Waals surface area contributed by atoms with Gasteiger partial charge in [-0.25, -0.2) is 4.79 Å². The molecular weight excluding hydrogens is 502 g/mol. The number of ether oxygens (including phenoxy) is 1. The zero-order valence-corrected chi connectivity index (χ0v) is 22.3. The van der Waals surface area contributed by atoms with Crippen LogP contribution in [0.5, 0.6) is 0 Å². The normalized spacial score (nSPS) is 13.4. The molecule has 1 aliphatic heterocycles. The minimum absolute atomic E-state index is 0.0120. The van der Waals surface area contributed by atoms with Crippen LogP contribution in [0.3, 0.4) is 0 Å². The van der Waals surface area contributed by atoms with Gasteiger partial charge in [0.05, 0.1) is 32.6 Å². The predicted molar refractivity (Wildman–Crippen MR) is 146 cm³/mol. The van der Waals surface area contributed by atoms with Crippen molar-refractivity contribution in [3.05, 3.63) is 65.2 Å². The Morgan fingerprint density at radius 1 is 0.974 bits per heavy atom. The predicted octanol–water partition coefficient (Wildman–Crippen LogP) is 1.61. The molecule has 2 aromatic carbocycles. The number of hydrogen-bond acceptors (Lipinski definition) is 6. The second-order valence-electron chi connectivity index (χ2n) is 9.38. The van der Waals surface area contributed by atoms with Crippen LogP contribution in [-0.2, 0) is 32.1 Å². The van der Waals surface area contributed by atoms with Crippen molar-refractivity contribution in [2.75, 3.05) is 57.8 Å². The highest BCUT2D eigenvalue weighted by Gasteiger charge is 2.20. The second-order valence-corrected chi connectivity index (χ2v) is 9.38. The van der Waals surface area contributed by atoms with Crippen molar-refractivity contribution < 1.29 is 29.0 Å². The number of aryl methyl sites for hydroxylation is 1. The highest BCUT2D eigenvalue weighted by Crippen LogP contribution is 2.13. The number of nitrogens with zero attached hydrogens (tertiary/aromatic N) is 2. The van der Waals surface area contributed by atoms with E-state index in [9.17, 15) is 19.2 Å². The molecule has 1 saturated heterocycles. The summed E-state index contributed by atoms with van der Waals surface area (Å²) >= 11 is 0. The van der Waals surface area contributed by atoms with Crippen LogP contribution in [0.25, 0.3) is 0 Å². The summed E-state index contributed by atoms with van der Waals surface area (Å²) in [6.45, 7) is 5.93. The number of carboxylic acid groups (broad SMARTS) is 1. The zero-order chi connectivity index (χ0) is 28.0. The summed E-state index contributed by atoms with van der Waals surface area (Å²) in [4.78, 5) is 52.2. The van der Waals surface area contributed by atoms with Crippen molar-refractivity contribution in [1.29, 1.82) is 0 Å². The van der Waals surface area contributed by atoms with E-state index in [0.717, 1.165) is 35.5 Å². The number of anilines is 1. The van der Waals surface area contributed by atoms with Gasteiger partial charge in [0, 0.05) is 45.0 Å². The number of hydrogen-bond donors (Lipinski definition) is 4. The van der Waals surface area contributed by atoms with Crippen LogP contribution >= 0.6 is 0 Å². The number of benzene rings is 2. The molecule has 1 fully saturated rings. The van der Waals surface area contributed by atoms with Gasteiger partial charge in [-0.05, 0) is 29.7 Å². The lowest BCUT2D eigenvalue weighted by Crippen LogP contribution is -2.47. The second kappa shape index (κ2) is 15.5. The van der Waals surface area contributed by atoms with Gasteiger partial charge in [-0.3, -0.25) is 19.3 Å². The molecule has 4 amide bonds. The number of carbonyl (C=O) groups is 4. The van der Waals surface area contributed by atoms with Crippen molar-refractivity contribution in [2.45, 2.75) is 26.3 Å². The minimum Gasteiger partial charge on any atom is -0.481 e. The average Bonchev–Trinajstić information content (AvgIpc) is 2.92. The molecule has 4 N–H and O–H groups in total. The first-order valence-corrected chi connectivity index (χ1v) is 13.0. The highest BCUT2D eigenvalue weighted by molar-refractivity contribution is 5.90. The van der Waals surface area contributed by atoms with Crippen LogP contribution in [0.15, 0.2) is 48.5 Å². The van der Waals surface area contributed by atoms with Gasteiger partial charge in [-0.1, -0.05) is 42.5 Å². The topological polar surface area (TPSA) is 140 Å². The highest BCUT2D eigenvalue weighted by atomic mass is 16.5. The maximum Gasteiger partial charge on any atom is 0.319 e. The Balaban J connectivity index is 1.51. The maximum atomic E-state index is 13.1. The van der Waals surface area contributed by atoms with Crippen molar-refractivity contribution in [3.8, 4) is 0 Å². The van der Waals surface area contributed by atoms with E-state index in [0.29, 0.717) is 32.8 Å². The van der Waals surface area contributed by atoms with Crippen LogP contribution in [-0.4, -0.2) is 91.2 Å². The Morgan fingerprint density at radius 3 is 2.36 bits per heavy atom. The number of aliphatic carboxylic acids is 1. The molecule has 0 bridgehead atoms. The molecule has 1 aliphatic rings. The Hall–Kier alpha value is -3.96. The van der Waals surface area contributed by atoms with Crippen molar-refractivity contribution >= 4 is 29.5 Å². The number of urea groups is 1. The quantitative estimate of drug-likeness (QED) is 0.303. The van der Waals surface area contributed by atoms with Crippen LogP contribution in [0.2, 0.25) is 0 Å². The lowest BCUT2D eigenvalue weighted by Gasteiger charge is -2.30. The van der Waals surface area contributed by atoms with Crippen LogP contribution in [0.1, 0.15) is 23.1 Å². The van der Waals surface area contributed by atoms with Gasteiger partial charge < -0.3 is 30.7 Å². The SMILES string of the molecule is Cc1ccccc1NC(=O)NCc1ccc(CC(=O)N(CCN2CCOCC2)CC(=O)NCCC(=O)O)cc1. The lowest BCUT2D eigenvalue weighted by atomic mass is 10.1. The first kappa shape index (κ1) is 29.6. The fourth-order valence-electron chi connectivity index (χ4n) is 4.04. The number of carboxylic acids is 1. The molecule has 0 saturated carbocycles. The molecule has 3 rings (SSSR count). The molecule has 0 unspecified atom stereocenters.